The Morgan fingerprint density at radius 2 is 1.89 bits per heavy atom. The van der Waals surface area contributed by atoms with Crippen molar-refractivity contribution in [3.05, 3.63) is 35.9 Å². The highest BCUT2D eigenvalue weighted by Gasteiger charge is 2.14. The Balaban J connectivity index is 2.35. The topological polar surface area (TPSA) is 84.2 Å². The summed E-state index contributed by atoms with van der Waals surface area (Å²) in [5.74, 6) is -0.350. The normalized spacial score (nSPS) is 11.7. The predicted octanol–water partition coefficient (Wildman–Crippen LogP) is 0.329. The fourth-order valence-electron chi connectivity index (χ4n) is 1.51. The minimum atomic E-state index is -0.694. The summed E-state index contributed by atoms with van der Waals surface area (Å²) in [6.45, 7) is 2.74. The zero-order valence-electron chi connectivity index (χ0n) is 10.5. The van der Waals surface area contributed by atoms with E-state index in [1.54, 1.807) is 12.1 Å². The van der Waals surface area contributed by atoms with Crippen molar-refractivity contribution in [2.24, 2.45) is 5.73 Å². The Morgan fingerprint density at radius 1 is 1.22 bits per heavy atom. The molecule has 5 nitrogen and oxygen atoms in total. The molecule has 1 atom stereocenters. The summed E-state index contributed by atoms with van der Waals surface area (Å²) in [5.41, 5.74) is 6.56. The van der Waals surface area contributed by atoms with Crippen LogP contribution in [0.2, 0.25) is 0 Å². The maximum Gasteiger partial charge on any atom is 0.241 e. The van der Waals surface area contributed by atoms with Crippen LogP contribution in [-0.4, -0.2) is 24.9 Å². The van der Waals surface area contributed by atoms with Gasteiger partial charge in [-0.05, 0) is 12.5 Å². The average molecular weight is 249 g/mol. The number of carbonyl (C=O) groups excluding carboxylic acids is 2. The van der Waals surface area contributed by atoms with E-state index in [1.807, 2.05) is 25.1 Å². The summed E-state index contributed by atoms with van der Waals surface area (Å²) in [5, 5.41) is 5.30. The molecule has 0 radical (unpaired) electrons. The highest BCUT2D eigenvalue weighted by molar-refractivity contribution is 5.83. The number of hydrogen-bond donors (Lipinski definition) is 3. The Bertz CT molecular complexity index is 392. The number of carbonyl (C=O) groups is 2. The number of nitrogens with two attached hydrogens (primary N) is 1. The third kappa shape index (κ3) is 4.55. The lowest BCUT2D eigenvalue weighted by Gasteiger charge is -2.12. The van der Waals surface area contributed by atoms with E-state index in [1.165, 1.54) is 0 Å². The number of amides is 2. The van der Waals surface area contributed by atoms with Crippen molar-refractivity contribution >= 4 is 11.8 Å². The summed E-state index contributed by atoms with van der Waals surface area (Å²) < 4.78 is 0. The van der Waals surface area contributed by atoms with Crippen LogP contribution in [0.1, 0.15) is 24.9 Å². The second-order valence-electron chi connectivity index (χ2n) is 3.88. The fraction of sp³-hybridized carbons (Fsp3) is 0.385. The van der Waals surface area contributed by atoms with Gasteiger partial charge in [-0.2, -0.15) is 0 Å². The second-order valence-corrected chi connectivity index (χ2v) is 3.88. The molecule has 1 aromatic rings. The molecule has 18 heavy (non-hydrogen) atoms. The van der Waals surface area contributed by atoms with E-state index in [9.17, 15) is 9.59 Å². The molecule has 0 aliphatic carbocycles. The molecule has 2 amide bonds. The molecule has 0 aliphatic rings. The van der Waals surface area contributed by atoms with Gasteiger partial charge < -0.3 is 16.4 Å². The van der Waals surface area contributed by atoms with Crippen LogP contribution in [0.15, 0.2) is 30.3 Å². The minimum Gasteiger partial charge on any atom is -0.356 e. The Hall–Kier alpha value is -1.88. The first-order valence-corrected chi connectivity index (χ1v) is 6.00. The molecule has 0 unspecified atom stereocenters. The molecule has 0 aliphatic heterocycles. The van der Waals surface area contributed by atoms with E-state index in [-0.39, 0.29) is 18.2 Å². The van der Waals surface area contributed by atoms with E-state index < -0.39 is 6.04 Å². The maximum atomic E-state index is 11.7. The molecule has 4 N–H and O–H groups in total. The SMILES string of the molecule is CCNC(=O)CCNC(=O)[C@@H](N)c1ccccc1. The van der Waals surface area contributed by atoms with Gasteiger partial charge in [-0.3, -0.25) is 9.59 Å². The lowest BCUT2D eigenvalue weighted by molar-refractivity contribution is -0.123. The van der Waals surface area contributed by atoms with Crippen molar-refractivity contribution in [3.8, 4) is 0 Å². The standard InChI is InChI=1S/C13H19N3O2/c1-2-15-11(17)8-9-16-13(18)12(14)10-6-4-3-5-7-10/h3-7,12H,2,8-9,14H2,1H3,(H,15,17)(H,16,18)/t12-/m0/s1. The van der Waals surface area contributed by atoms with E-state index in [4.69, 9.17) is 5.73 Å². The van der Waals surface area contributed by atoms with Gasteiger partial charge in [0.2, 0.25) is 11.8 Å². The monoisotopic (exact) mass is 249 g/mol. The lowest BCUT2D eigenvalue weighted by Crippen LogP contribution is -2.36. The third-order valence-corrected chi connectivity index (χ3v) is 2.47. The van der Waals surface area contributed by atoms with Gasteiger partial charge in [0.25, 0.3) is 0 Å². The zero-order valence-corrected chi connectivity index (χ0v) is 10.5. The molecule has 98 valence electrons. The van der Waals surface area contributed by atoms with Crippen molar-refractivity contribution in [1.82, 2.24) is 10.6 Å². The van der Waals surface area contributed by atoms with Crippen molar-refractivity contribution in [2.75, 3.05) is 13.1 Å². The largest absolute Gasteiger partial charge is 0.356 e. The van der Waals surface area contributed by atoms with Gasteiger partial charge in [-0.1, -0.05) is 30.3 Å². The van der Waals surface area contributed by atoms with Crippen LogP contribution in [0, 0.1) is 0 Å². The Kier molecular flexibility index (Phi) is 5.87. The molecule has 1 aromatic carbocycles. The first-order chi connectivity index (χ1) is 8.65. The lowest BCUT2D eigenvalue weighted by atomic mass is 10.1. The molecular formula is C13H19N3O2. The Labute approximate surface area is 107 Å². The van der Waals surface area contributed by atoms with Gasteiger partial charge in [0.1, 0.15) is 6.04 Å². The van der Waals surface area contributed by atoms with Gasteiger partial charge in [-0.15, -0.1) is 0 Å². The van der Waals surface area contributed by atoms with E-state index in [0.29, 0.717) is 13.1 Å². The molecule has 0 bridgehead atoms. The number of rotatable bonds is 6. The molecule has 0 spiro atoms. The summed E-state index contributed by atoms with van der Waals surface area (Å²) in [4.78, 5) is 22.9. The van der Waals surface area contributed by atoms with Crippen LogP contribution in [0.5, 0.6) is 0 Å². The van der Waals surface area contributed by atoms with Gasteiger partial charge in [0.15, 0.2) is 0 Å². The smallest absolute Gasteiger partial charge is 0.241 e. The number of benzene rings is 1. The molecule has 5 heteroatoms. The van der Waals surface area contributed by atoms with Crippen LogP contribution >= 0.6 is 0 Å². The predicted molar refractivity (Wildman–Crippen MR) is 69.7 cm³/mol. The quantitative estimate of drug-likeness (QED) is 0.679. The molecule has 0 saturated carbocycles. The van der Waals surface area contributed by atoms with Gasteiger partial charge in [0, 0.05) is 19.5 Å². The highest BCUT2D eigenvalue weighted by Crippen LogP contribution is 2.08. The first-order valence-electron chi connectivity index (χ1n) is 6.00. The van der Waals surface area contributed by atoms with Crippen LogP contribution < -0.4 is 16.4 Å². The average Bonchev–Trinajstić information content (AvgIpc) is 2.39. The first kappa shape index (κ1) is 14.2. The number of hydrogen-bond acceptors (Lipinski definition) is 3. The van der Waals surface area contributed by atoms with E-state index in [2.05, 4.69) is 10.6 Å². The molecule has 0 heterocycles. The van der Waals surface area contributed by atoms with Gasteiger partial charge in [0.05, 0.1) is 0 Å². The minimum absolute atomic E-state index is 0.0777. The Morgan fingerprint density at radius 3 is 2.50 bits per heavy atom. The van der Waals surface area contributed by atoms with Gasteiger partial charge >= 0.3 is 0 Å². The van der Waals surface area contributed by atoms with Crippen LogP contribution in [0.25, 0.3) is 0 Å². The second kappa shape index (κ2) is 7.45. The highest BCUT2D eigenvalue weighted by atomic mass is 16.2. The van der Waals surface area contributed by atoms with Crippen LogP contribution in [-0.2, 0) is 9.59 Å². The summed E-state index contributed by atoms with van der Waals surface area (Å²) in [6, 6.07) is 8.43. The molecule has 1 rings (SSSR count). The van der Waals surface area contributed by atoms with E-state index in [0.717, 1.165) is 5.56 Å². The van der Waals surface area contributed by atoms with Crippen molar-refractivity contribution in [2.45, 2.75) is 19.4 Å². The summed E-state index contributed by atoms with van der Waals surface area (Å²) >= 11 is 0. The fourth-order valence-corrected chi connectivity index (χ4v) is 1.51. The molecular weight excluding hydrogens is 230 g/mol. The third-order valence-electron chi connectivity index (χ3n) is 2.47. The van der Waals surface area contributed by atoms with E-state index >= 15 is 0 Å². The van der Waals surface area contributed by atoms with Crippen molar-refractivity contribution in [1.29, 1.82) is 0 Å². The summed E-state index contributed by atoms with van der Waals surface area (Å²) in [7, 11) is 0. The van der Waals surface area contributed by atoms with Crippen molar-refractivity contribution in [3.63, 3.8) is 0 Å². The zero-order chi connectivity index (χ0) is 13.4. The molecule has 0 saturated heterocycles. The molecule has 0 aromatic heterocycles. The number of nitrogens with one attached hydrogen (secondary N) is 2. The maximum absolute atomic E-state index is 11.7. The van der Waals surface area contributed by atoms with Crippen LogP contribution in [0.3, 0.4) is 0 Å². The van der Waals surface area contributed by atoms with Crippen LogP contribution in [0.4, 0.5) is 0 Å². The van der Waals surface area contributed by atoms with Gasteiger partial charge in [-0.25, -0.2) is 0 Å². The molecule has 0 fully saturated rings. The summed E-state index contributed by atoms with van der Waals surface area (Å²) in [6.07, 6.45) is 0.265. The van der Waals surface area contributed by atoms with Crippen molar-refractivity contribution < 1.29 is 9.59 Å².